The van der Waals surface area contributed by atoms with Gasteiger partial charge in [0.25, 0.3) is 5.69 Å². The number of nitrogens with two attached hydrogens (primary N) is 1. The van der Waals surface area contributed by atoms with E-state index >= 15 is 0 Å². The molecule has 0 heterocycles. The van der Waals surface area contributed by atoms with Crippen LogP contribution in [0.2, 0.25) is 0 Å². The minimum absolute atomic E-state index is 0.0927. The van der Waals surface area contributed by atoms with E-state index in [0.717, 1.165) is 6.07 Å². The van der Waals surface area contributed by atoms with Crippen molar-refractivity contribution in [2.75, 3.05) is 5.32 Å². The molecule has 0 radical (unpaired) electrons. The molecule has 1 aromatic rings. The fourth-order valence-electron chi connectivity index (χ4n) is 1.27. The molecule has 0 aromatic heterocycles. The van der Waals surface area contributed by atoms with Gasteiger partial charge in [-0.3, -0.25) is 10.1 Å². The fourth-order valence-corrected chi connectivity index (χ4v) is 1.38. The normalized spacial score (nSPS) is 9.71. The number of carboxylic acid groups (broad SMARTS) is 1. The van der Waals surface area contributed by atoms with E-state index in [9.17, 15) is 14.9 Å². The summed E-state index contributed by atoms with van der Waals surface area (Å²) in [4.78, 5) is 20.9. The number of nitrogens with zero attached hydrogens (tertiary/aromatic N) is 1. The molecule has 0 amide bonds. The second-order valence-electron chi connectivity index (χ2n) is 3.22. The van der Waals surface area contributed by atoms with E-state index in [2.05, 4.69) is 17.5 Å². The number of carboxylic acids is 1. The zero-order chi connectivity index (χ0) is 13.2. The molecule has 0 fully saturated rings. The van der Waals surface area contributed by atoms with Crippen molar-refractivity contribution in [2.24, 2.45) is 5.73 Å². The van der Waals surface area contributed by atoms with E-state index < -0.39 is 10.9 Å². The Balaban J connectivity index is 3.42. The largest absolute Gasteiger partial charge is 0.478 e. The van der Waals surface area contributed by atoms with Gasteiger partial charge in [-0.05, 0) is 25.2 Å². The van der Waals surface area contributed by atoms with Gasteiger partial charge in [-0.1, -0.05) is 0 Å². The molecule has 0 aliphatic rings. The fraction of sp³-hybridized carbons (Fsp3) is 0.111. The molecule has 4 N–H and O–H groups in total. The van der Waals surface area contributed by atoms with Crippen LogP contribution in [0.25, 0.3) is 0 Å². The first-order valence-corrected chi connectivity index (χ1v) is 4.82. The lowest BCUT2D eigenvalue weighted by molar-refractivity contribution is -0.385. The zero-order valence-electron chi connectivity index (χ0n) is 8.76. The molecule has 1 rings (SSSR count). The van der Waals surface area contributed by atoms with E-state index in [1.165, 1.54) is 13.0 Å². The first-order chi connectivity index (χ1) is 7.82. The topological polar surface area (TPSA) is 118 Å². The van der Waals surface area contributed by atoms with Crippen molar-refractivity contribution < 1.29 is 14.8 Å². The Bertz CT molecular complexity index is 515. The Morgan fingerprint density at radius 3 is 2.59 bits per heavy atom. The number of hydrogen-bond acceptors (Lipinski definition) is 4. The first kappa shape index (κ1) is 12.8. The van der Waals surface area contributed by atoms with Gasteiger partial charge >= 0.3 is 5.97 Å². The van der Waals surface area contributed by atoms with Crippen LogP contribution in [0.15, 0.2) is 12.1 Å². The van der Waals surface area contributed by atoms with Gasteiger partial charge in [0, 0.05) is 6.07 Å². The number of hydrogen-bond donors (Lipinski definition) is 3. The molecule has 0 saturated carbocycles. The summed E-state index contributed by atoms with van der Waals surface area (Å²) in [5, 5.41) is 22.0. The third-order valence-corrected chi connectivity index (χ3v) is 2.18. The Morgan fingerprint density at radius 2 is 2.18 bits per heavy atom. The Hall–Kier alpha value is -2.22. The summed E-state index contributed by atoms with van der Waals surface area (Å²) in [5.74, 6) is -1.26. The molecule has 17 heavy (non-hydrogen) atoms. The van der Waals surface area contributed by atoms with Gasteiger partial charge in [0.2, 0.25) is 0 Å². The lowest BCUT2D eigenvalue weighted by atomic mass is 10.1. The van der Waals surface area contributed by atoms with Crippen molar-refractivity contribution in [1.82, 2.24) is 0 Å². The van der Waals surface area contributed by atoms with Crippen molar-refractivity contribution in [1.29, 1.82) is 0 Å². The second-order valence-corrected chi connectivity index (χ2v) is 3.66. The number of anilines is 1. The number of benzene rings is 1. The van der Waals surface area contributed by atoms with Crippen LogP contribution in [0.4, 0.5) is 11.4 Å². The quantitative estimate of drug-likeness (QED) is 0.422. The third kappa shape index (κ3) is 2.88. The number of carbonyl (C=O) groups is 1. The molecular weight excluding hydrogens is 246 g/mol. The number of thiocarbonyl (C=S) groups is 1. The summed E-state index contributed by atoms with van der Waals surface area (Å²) < 4.78 is 0. The monoisotopic (exact) mass is 255 g/mol. The van der Waals surface area contributed by atoms with Crippen LogP contribution in [0.5, 0.6) is 0 Å². The maximum absolute atomic E-state index is 10.8. The summed E-state index contributed by atoms with van der Waals surface area (Å²) in [6.07, 6.45) is 0. The highest BCUT2D eigenvalue weighted by Gasteiger charge is 2.19. The SMILES string of the molecule is Cc1c(NC(N)=S)cc(C(=O)O)cc1[N+](=O)[O-]. The van der Waals surface area contributed by atoms with Crippen LogP contribution in [-0.4, -0.2) is 21.1 Å². The number of aromatic carboxylic acids is 1. The lowest BCUT2D eigenvalue weighted by Crippen LogP contribution is -2.20. The lowest BCUT2D eigenvalue weighted by Gasteiger charge is -2.09. The van der Waals surface area contributed by atoms with Crippen LogP contribution in [-0.2, 0) is 0 Å². The third-order valence-electron chi connectivity index (χ3n) is 2.08. The van der Waals surface area contributed by atoms with Gasteiger partial charge in [0.05, 0.1) is 21.7 Å². The molecule has 0 aliphatic carbocycles. The van der Waals surface area contributed by atoms with Crippen LogP contribution < -0.4 is 11.1 Å². The number of nitrogens with one attached hydrogen (secondary N) is 1. The maximum Gasteiger partial charge on any atom is 0.336 e. The smallest absolute Gasteiger partial charge is 0.336 e. The molecule has 1 aromatic carbocycles. The highest BCUT2D eigenvalue weighted by Crippen LogP contribution is 2.27. The van der Waals surface area contributed by atoms with Gasteiger partial charge in [0.1, 0.15) is 0 Å². The molecule has 0 atom stereocenters. The number of nitro benzene ring substituents is 1. The van der Waals surface area contributed by atoms with Gasteiger partial charge in [0.15, 0.2) is 5.11 Å². The minimum Gasteiger partial charge on any atom is -0.478 e. The van der Waals surface area contributed by atoms with Crippen LogP contribution in [0.3, 0.4) is 0 Å². The minimum atomic E-state index is -1.26. The van der Waals surface area contributed by atoms with Gasteiger partial charge in [-0.2, -0.15) is 0 Å². The summed E-state index contributed by atoms with van der Waals surface area (Å²) in [7, 11) is 0. The molecule has 0 bridgehead atoms. The Morgan fingerprint density at radius 1 is 1.59 bits per heavy atom. The molecule has 0 unspecified atom stereocenters. The highest BCUT2D eigenvalue weighted by atomic mass is 32.1. The van der Waals surface area contributed by atoms with Crippen molar-refractivity contribution in [3.05, 3.63) is 33.4 Å². The van der Waals surface area contributed by atoms with Crippen LogP contribution >= 0.6 is 12.2 Å². The standard InChI is InChI=1S/C9H9N3O4S/c1-4-6(11-9(10)17)2-5(8(13)14)3-7(4)12(15)16/h2-3H,1H3,(H,13,14)(H3,10,11,17). The molecule has 7 nitrogen and oxygen atoms in total. The van der Waals surface area contributed by atoms with E-state index in [1.807, 2.05) is 0 Å². The first-order valence-electron chi connectivity index (χ1n) is 4.41. The highest BCUT2D eigenvalue weighted by molar-refractivity contribution is 7.80. The van der Waals surface area contributed by atoms with Crippen molar-refractivity contribution >= 4 is 34.7 Å². The van der Waals surface area contributed by atoms with E-state index in [0.29, 0.717) is 0 Å². The van der Waals surface area contributed by atoms with Crippen LogP contribution in [0, 0.1) is 17.0 Å². The zero-order valence-corrected chi connectivity index (χ0v) is 9.58. The molecule has 0 saturated heterocycles. The Kier molecular flexibility index (Phi) is 3.59. The summed E-state index contributed by atoms with van der Waals surface area (Å²) >= 11 is 4.60. The molecule has 0 aliphatic heterocycles. The predicted octanol–water partition coefficient (Wildman–Crippen LogP) is 1.26. The molecule has 8 heteroatoms. The van der Waals surface area contributed by atoms with Gasteiger partial charge in [-0.15, -0.1) is 0 Å². The van der Waals surface area contributed by atoms with Gasteiger partial charge < -0.3 is 16.2 Å². The van der Waals surface area contributed by atoms with Crippen LogP contribution in [0.1, 0.15) is 15.9 Å². The molecule has 0 spiro atoms. The van der Waals surface area contributed by atoms with Crippen molar-refractivity contribution in [3.63, 3.8) is 0 Å². The van der Waals surface area contributed by atoms with Crippen molar-refractivity contribution in [3.8, 4) is 0 Å². The van der Waals surface area contributed by atoms with E-state index in [4.69, 9.17) is 10.8 Å². The number of rotatable bonds is 3. The molecular formula is C9H9N3O4S. The summed E-state index contributed by atoms with van der Waals surface area (Å²) in [5.41, 5.74) is 5.22. The molecule has 90 valence electrons. The predicted molar refractivity (Wildman–Crippen MR) is 65.2 cm³/mol. The second kappa shape index (κ2) is 4.74. The summed E-state index contributed by atoms with van der Waals surface area (Å²) in [6, 6.07) is 2.23. The van der Waals surface area contributed by atoms with Crippen molar-refractivity contribution in [2.45, 2.75) is 6.92 Å². The van der Waals surface area contributed by atoms with E-state index in [1.54, 1.807) is 0 Å². The van der Waals surface area contributed by atoms with Gasteiger partial charge in [-0.25, -0.2) is 4.79 Å². The average Bonchev–Trinajstić information content (AvgIpc) is 2.19. The number of nitro groups is 1. The summed E-state index contributed by atoms with van der Waals surface area (Å²) in [6.45, 7) is 1.48. The van der Waals surface area contributed by atoms with E-state index in [-0.39, 0.29) is 27.6 Å². The Labute approximate surface area is 101 Å². The average molecular weight is 255 g/mol. The maximum atomic E-state index is 10.8.